The third kappa shape index (κ3) is 4.77. The molecule has 16 heavy (non-hydrogen) atoms. The summed E-state index contributed by atoms with van der Waals surface area (Å²) in [5.74, 6) is 0. The van der Waals surface area contributed by atoms with Crippen LogP contribution < -0.4 is 0 Å². The molecule has 0 aliphatic rings. The summed E-state index contributed by atoms with van der Waals surface area (Å²) >= 11 is 0. The van der Waals surface area contributed by atoms with Crippen molar-refractivity contribution in [1.82, 2.24) is 9.88 Å². The predicted molar refractivity (Wildman–Crippen MR) is 63.9 cm³/mol. The molecule has 0 radical (unpaired) electrons. The minimum absolute atomic E-state index is 0.558. The molecule has 1 aromatic heterocycles. The van der Waals surface area contributed by atoms with E-state index in [0.717, 1.165) is 30.9 Å². The molecule has 0 saturated heterocycles. The molecular weight excluding hydrogens is 202 g/mol. The van der Waals surface area contributed by atoms with E-state index in [1.807, 2.05) is 32.2 Å². The van der Waals surface area contributed by atoms with Gasteiger partial charge in [-0.15, -0.1) is 0 Å². The standard InChI is InChI=1S/C11H17N5/c1-10-5-3-6-11(14-10)9-16(2)8-4-7-13-15-12/h3,5-6H,4,7-9H2,1-2H3. The van der Waals surface area contributed by atoms with Gasteiger partial charge in [-0.1, -0.05) is 11.2 Å². The first-order chi connectivity index (χ1) is 7.72. The lowest BCUT2D eigenvalue weighted by Crippen LogP contribution is -2.20. The van der Waals surface area contributed by atoms with Crippen LogP contribution >= 0.6 is 0 Å². The fraction of sp³-hybridized carbons (Fsp3) is 0.545. The zero-order valence-corrected chi connectivity index (χ0v) is 9.80. The molecule has 0 amide bonds. The van der Waals surface area contributed by atoms with Gasteiger partial charge < -0.3 is 4.90 Å². The number of hydrogen-bond acceptors (Lipinski definition) is 3. The first-order valence-electron chi connectivity index (χ1n) is 5.34. The Labute approximate surface area is 95.7 Å². The minimum Gasteiger partial charge on any atom is -0.301 e. The van der Waals surface area contributed by atoms with E-state index in [9.17, 15) is 0 Å². The Morgan fingerprint density at radius 2 is 2.31 bits per heavy atom. The highest BCUT2D eigenvalue weighted by Gasteiger charge is 2.00. The molecule has 0 fully saturated rings. The van der Waals surface area contributed by atoms with Crippen molar-refractivity contribution in [2.45, 2.75) is 19.9 Å². The SMILES string of the molecule is Cc1cccc(CN(C)CCCN=[N+]=[N-])n1. The third-order valence-electron chi connectivity index (χ3n) is 2.24. The van der Waals surface area contributed by atoms with Crippen LogP contribution in [0.15, 0.2) is 23.3 Å². The second-order valence-corrected chi connectivity index (χ2v) is 3.82. The molecule has 1 heterocycles. The van der Waals surface area contributed by atoms with Crippen LogP contribution in [0, 0.1) is 6.92 Å². The second-order valence-electron chi connectivity index (χ2n) is 3.82. The molecule has 0 spiro atoms. The van der Waals surface area contributed by atoms with Crippen molar-refractivity contribution in [3.8, 4) is 0 Å². The maximum absolute atomic E-state index is 8.13. The quantitative estimate of drug-likeness (QED) is 0.319. The van der Waals surface area contributed by atoms with E-state index >= 15 is 0 Å². The van der Waals surface area contributed by atoms with Crippen LogP contribution in [0.3, 0.4) is 0 Å². The summed E-state index contributed by atoms with van der Waals surface area (Å²) in [6.07, 6.45) is 0.881. The maximum atomic E-state index is 8.13. The molecule has 1 rings (SSSR count). The number of aryl methyl sites for hydroxylation is 1. The second kappa shape index (κ2) is 6.82. The van der Waals surface area contributed by atoms with Crippen LogP contribution in [0.25, 0.3) is 10.4 Å². The van der Waals surface area contributed by atoms with E-state index < -0.39 is 0 Å². The van der Waals surface area contributed by atoms with Gasteiger partial charge in [-0.2, -0.15) is 0 Å². The summed E-state index contributed by atoms with van der Waals surface area (Å²) < 4.78 is 0. The fourth-order valence-corrected chi connectivity index (χ4v) is 1.50. The Morgan fingerprint density at radius 3 is 3.00 bits per heavy atom. The van der Waals surface area contributed by atoms with Crippen LogP contribution in [-0.4, -0.2) is 30.0 Å². The molecule has 0 aliphatic carbocycles. The van der Waals surface area contributed by atoms with Crippen LogP contribution in [0.2, 0.25) is 0 Å². The summed E-state index contributed by atoms with van der Waals surface area (Å²) in [6.45, 7) is 4.29. The van der Waals surface area contributed by atoms with Gasteiger partial charge in [0.1, 0.15) is 0 Å². The molecule has 0 aromatic carbocycles. The third-order valence-corrected chi connectivity index (χ3v) is 2.24. The summed E-state index contributed by atoms with van der Waals surface area (Å²) in [4.78, 5) is 9.33. The Balaban J connectivity index is 2.33. The van der Waals surface area contributed by atoms with E-state index in [-0.39, 0.29) is 0 Å². The number of nitrogens with zero attached hydrogens (tertiary/aromatic N) is 5. The van der Waals surface area contributed by atoms with Crippen molar-refractivity contribution in [3.05, 3.63) is 40.0 Å². The monoisotopic (exact) mass is 219 g/mol. The van der Waals surface area contributed by atoms with Crippen molar-refractivity contribution in [2.75, 3.05) is 20.1 Å². The van der Waals surface area contributed by atoms with E-state index in [2.05, 4.69) is 19.9 Å². The minimum atomic E-state index is 0.558. The van der Waals surface area contributed by atoms with Crippen LogP contribution in [0.4, 0.5) is 0 Å². The predicted octanol–water partition coefficient (Wildman–Crippen LogP) is 2.52. The average molecular weight is 219 g/mol. The number of pyridine rings is 1. The molecule has 1 aromatic rings. The Kier molecular flexibility index (Phi) is 5.32. The normalized spacial score (nSPS) is 10.2. The summed E-state index contributed by atoms with van der Waals surface area (Å²) in [5, 5.41) is 3.50. The Hall–Kier alpha value is -1.58. The van der Waals surface area contributed by atoms with Crippen molar-refractivity contribution in [1.29, 1.82) is 0 Å². The summed E-state index contributed by atoms with van der Waals surface area (Å²) in [7, 11) is 2.04. The first-order valence-corrected chi connectivity index (χ1v) is 5.34. The smallest absolute Gasteiger partial charge is 0.0547 e. The van der Waals surface area contributed by atoms with E-state index in [1.54, 1.807) is 0 Å². The number of hydrogen-bond donors (Lipinski definition) is 0. The van der Waals surface area contributed by atoms with Gasteiger partial charge >= 0.3 is 0 Å². The number of azide groups is 1. The van der Waals surface area contributed by atoms with Gasteiger partial charge in [0.25, 0.3) is 0 Å². The number of rotatable bonds is 6. The lowest BCUT2D eigenvalue weighted by atomic mass is 10.3. The van der Waals surface area contributed by atoms with E-state index in [4.69, 9.17) is 5.53 Å². The van der Waals surface area contributed by atoms with Crippen LogP contribution in [0.1, 0.15) is 17.8 Å². The van der Waals surface area contributed by atoms with Crippen molar-refractivity contribution in [2.24, 2.45) is 5.11 Å². The summed E-state index contributed by atoms with van der Waals surface area (Å²) in [6, 6.07) is 6.04. The van der Waals surface area contributed by atoms with E-state index in [1.165, 1.54) is 0 Å². The maximum Gasteiger partial charge on any atom is 0.0547 e. The largest absolute Gasteiger partial charge is 0.301 e. The van der Waals surface area contributed by atoms with Gasteiger partial charge in [0.15, 0.2) is 0 Å². The Morgan fingerprint density at radius 1 is 1.50 bits per heavy atom. The average Bonchev–Trinajstić information content (AvgIpc) is 2.24. The first kappa shape index (κ1) is 12.5. The van der Waals surface area contributed by atoms with Crippen molar-refractivity contribution >= 4 is 0 Å². The molecule has 0 saturated carbocycles. The lowest BCUT2D eigenvalue weighted by molar-refractivity contribution is 0.320. The molecular formula is C11H17N5. The molecule has 5 nitrogen and oxygen atoms in total. The van der Waals surface area contributed by atoms with Crippen molar-refractivity contribution in [3.63, 3.8) is 0 Å². The van der Waals surface area contributed by atoms with Gasteiger partial charge in [0.05, 0.1) is 5.69 Å². The number of aromatic nitrogens is 1. The highest BCUT2D eigenvalue weighted by atomic mass is 15.1. The highest BCUT2D eigenvalue weighted by molar-refractivity contribution is 5.09. The van der Waals surface area contributed by atoms with Gasteiger partial charge in [0.2, 0.25) is 0 Å². The van der Waals surface area contributed by atoms with E-state index in [0.29, 0.717) is 6.54 Å². The molecule has 0 bridgehead atoms. The fourth-order valence-electron chi connectivity index (χ4n) is 1.50. The van der Waals surface area contributed by atoms with Crippen LogP contribution in [0.5, 0.6) is 0 Å². The van der Waals surface area contributed by atoms with Gasteiger partial charge in [-0.05, 0) is 44.6 Å². The molecule has 86 valence electrons. The molecule has 5 heteroatoms. The van der Waals surface area contributed by atoms with Crippen molar-refractivity contribution < 1.29 is 0 Å². The van der Waals surface area contributed by atoms with Gasteiger partial charge in [-0.3, -0.25) is 4.98 Å². The van der Waals surface area contributed by atoms with Gasteiger partial charge in [-0.25, -0.2) is 0 Å². The zero-order chi connectivity index (χ0) is 11.8. The lowest BCUT2D eigenvalue weighted by Gasteiger charge is -2.15. The summed E-state index contributed by atoms with van der Waals surface area (Å²) in [5.41, 5.74) is 10.2. The highest BCUT2D eigenvalue weighted by Crippen LogP contribution is 2.02. The van der Waals surface area contributed by atoms with Gasteiger partial charge in [0, 0.05) is 23.7 Å². The topological polar surface area (TPSA) is 64.9 Å². The van der Waals surface area contributed by atoms with Crippen LogP contribution in [-0.2, 0) is 6.54 Å². The molecule has 0 unspecified atom stereocenters. The molecule has 0 N–H and O–H groups in total. The molecule has 0 atom stereocenters. The zero-order valence-electron chi connectivity index (χ0n) is 9.80. The molecule has 0 aliphatic heterocycles. The Bertz CT molecular complexity index is 370.